The lowest BCUT2D eigenvalue weighted by Gasteiger charge is -2.09. The van der Waals surface area contributed by atoms with Crippen LogP contribution < -0.4 is 10.6 Å². The molecule has 0 unspecified atom stereocenters. The second-order valence-electron chi connectivity index (χ2n) is 4.55. The molecule has 0 saturated heterocycles. The molecule has 0 fully saturated rings. The van der Waals surface area contributed by atoms with Crippen LogP contribution in [0.15, 0.2) is 18.5 Å². The Hall–Kier alpha value is -1.29. The van der Waals surface area contributed by atoms with Crippen molar-refractivity contribution in [2.24, 2.45) is 0 Å². The summed E-state index contributed by atoms with van der Waals surface area (Å²) < 4.78 is 5.50. The Morgan fingerprint density at radius 2 is 1.89 bits per heavy atom. The van der Waals surface area contributed by atoms with Crippen LogP contribution >= 0.6 is 0 Å². The molecule has 0 saturated carbocycles. The van der Waals surface area contributed by atoms with Crippen LogP contribution in [0.25, 0.3) is 0 Å². The first-order valence-corrected chi connectivity index (χ1v) is 6.76. The van der Waals surface area contributed by atoms with E-state index in [1.54, 1.807) is 0 Å². The van der Waals surface area contributed by atoms with Crippen molar-refractivity contribution in [1.29, 1.82) is 0 Å². The highest BCUT2D eigenvalue weighted by Crippen LogP contribution is 2.12. The number of nitrogens with one attached hydrogen (secondary N) is 2. The fourth-order valence-corrected chi connectivity index (χ4v) is 1.62. The Morgan fingerprint density at radius 1 is 1.17 bits per heavy atom. The van der Waals surface area contributed by atoms with Gasteiger partial charge in [-0.25, -0.2) is 0 Å². The number of unbranched alkanes of at least 4 members (excludes halogenated alkanes) is 1. The maximum Gasteiger partial charge on any atom is 0.0547 e. The Bertz CT molecular complexity index is 329. The van der Waals surface area contributed by atoms with Gasteiger partial charge in [0.05, 0.1) is 29.9 Å². The van der Waals surface area contributed by atoms with Crippen molar-refractivity contribution < 1.29 is 4.74 Å². The zero-order valence-corrected chi connectivity index (χ0v) is 11.7. The smallest absolute Gasteiger partial charge is 0.0547 e. The molecule has 1 aromatic rings. The molecule has 0 aromatic carbocycles. The number of aromatic nitrogens is 1. The van der Waals surface area contributed by atoms with E-state index in [0.717, 1.165) is 43.9 Å². The summed E-state index contributed by atoms with van der Waals surface area (Å²) in [6.45, 7) is 8.92. The highest BCUT2D eigenvalue weighted by molar-refractivity contribution is 5.53. The van der Waals surface area contributed by atoms with Crippen LogP contribution in [0.5, 0.6) is 0 Å². The molecule has 0 atom stereocenters. The van der Waals surface area contributed by atoms with Crippen LogP contribution in [-0.4, -0.2) is 30.8 Å². The molecule has 1 aromatic heterocycles. The number of hydrogen-bond acceptors (Lipinski definition) is 4. The summed E-state index contributed by atoms with van der Waals surface area (Å²) in [6, 6.07) is 2.08. The normalized spacial score (nSPS) is 10.7. The van der Waals surface area contributed by atoms with Crippen molar-refractivity contribution in [3.05, 3.63) is 18.5 Å². The predicted octanol–water partition coefficient (Wildman–Crippen LogP) is 3.13. The Morgan fingerprint density at radius 3 is 2.56 bits per heavy atom. The van der Waals surface area contributed by atoms with Gasteiger partial charge in [0, 0.05) is 19.7 Å². The maximum atomic E-state index is 5.50. The Kier molecular flexibility index (Phi) is 7.18. The number of hydrogen-bond donors (Lipinski definition) is 2. The monoisotopic (exact) mass is 251 g/mol. The lowest BCUT2D eigenvalue weighted by molar-refractivity contribution is 0.0765. The highest BCUT2D eigenvalue weighted by Gasteiger charge is 1.96. The number of pyridine rings is 1. The minimum absolute atomic E-state index is 0.332. The van der Waals surface area contributed by atoms with E-state index in [9.17, 15) is 0 Å². The third-order valence-corrected chi connectivity index (χ3v) is 2.47. The Labute approximate surface area is 110 Å². The summed E-state index contributed by atoms with van der Waals surface area (Å²) >= 11 is 0. The molecule has 1 rings (SSSR count). The summed E-state index contributed by atoms with van der Waals surface area (Å²) in [5.41, 5.74) is 2.13. The summed E-state index contributed by atoms with van der Waals surface area (Å²) in [5, 5.41) is 6.62. The summed E-state index contributed by atoms with van der Waals surface area (Å²) in [6.07, 6.45) is 6.22. The van der Waals surface area contributed by atoms with E-state index in [4.69, 9.17) is 4.74 Å². The van der Waals surface area contributed by atoms with Crippen LogP contribution in [0.4, 0.5) is 11.4 Å². The average molecular weight is 251 g/mol. The van der Waals surface area contributed by atoms with E-state index in [1.807, 2.05) is 12.4 Å². The number of nitrogens with zero attached hydrogens (tertiary/aromatic N) is 1. The van der Waals surface area contributed by atoms with Crippen molar-refractivity contribution in [3.8, 4) is 0 Å². The predicted molar refractivity (Wildman–Crippen MR) is 77.2 cm³/mol. The molecule has 0 aliphatic rings. The third kappa shape index (κ3) is 6.45. The van der Waals surface area contributed by atoms with Gasteiger partial charge < -0.3 is 15.4 Å². The first-order chi connectivity index (χ1) is 8.72. The molecule has 0 aliphatic carbocycles. The molecule has 4 heteroatoms. The maximum absolute atomic E-state index is 5.50. The zero-order valence-electron chi connectivity index (χ0n) is 11.7. The zero-order chi connectivity index (χ0) is 13.2. The van der Waals surface area contributed by atoms with Gasteiger partial charge in [-0.2, -0.15) is 0 Å². The number of ether oxygens (including phenoxy) is 1. The van der Waals surface area contributed by atoms with Gasteiger partial charge in [0.2, 0.25) is 0 Å². The van der Waals surface area contributed by atoms with Gasteiger partial charge in [0.25, 0.3) is 0 Å². The summed E-state index contributed by atoms with van der Waals surface area (Å²) in [4.78, 5) is 4.19. The molecule has 2 N–H and O–H groups in total. The molecule has 102 valence electrons. The lowest BCUT2D eigenvalue weighted by atomic mass is 10.3. The van der Waals surface area contributed by atoms with Crippen molar-refractivity contribution in [2.45, 2.75) is 39.7 Å². The molecule has 0 radical (unpaired) electrons. The second-order valence-corrected chi connectivity index (χ2v) is 4.55. The minimum Gasteiger partial charge on any atom is -0.384 e. The molecular formula is C14H25N3O. The molecule has 1 heterocycles. The first-order valence-electron chi connectivity index (χ1n) is 6.76. The SMILES string of the molecule is CCNc1cncc(NCCCCOC(C)C)c1. The van der Waals surface area contributed by atoms with Crippen molar-refractivity contribution >= 4 is 11.4 Å². The molecular weight excluding hydrogens is 226 g/mol. The van der Waals surface area contributed by atoms with Gasteiger partial charge >= 0.3 is 0 Å². The van der Waals surface area contributed by atoms with E-state index in [1.165, 1.54) is 0 Å². The van der Waals surface area contributed by atoms with E-state index in [2.05, 4.69) is 42.5 Å². The highest BCUT2D eigenvalue weighted by atomic mass is 16.5. The van der Waals surface area contributed by atoms with Crippen molar-refractivity contribution in [2.75, 3.05) is 30.3 Å². The van der Waals surface area contributed by atoms with E-state index >= 15 is 0 Å². The topological polar surface area (TPSA) is 46.2 Å². The van der Waals surface area contributed by atoms with Crippen LogP contribution in [0.2, 0.25) is 0 Å². The second kappa shape index (κ2) is 8.75. The Balaban J connectivity index is 2.16. The molecule has 4 nitrogen and oxygen atoms in total. The molecule has 0 spiro atoms. The largest absolute Gasteiger partial charge is 0.384 e. The van der Waals surface area contributed by atoms with Crippen molar-refractivity contribution in [1.82, 2.24) is 4.98 Å². The third-order valence-electron chi connectivity index (χ3n) is 2.47. The summed E-state index contributed by atoms with van der Waals surface area (Å²) in [5.74, 6) is 0. The van der Waals surface area contributed by atoms with Gasteiger partial charge in [-0.15, -0.1) is 0 Å². The van der Waals surface area contributed by atoms with E-state index in [-0.39, 0.29) is 0 Å². The van der Waals surface area contributed by atoms with Crippen molar-refractivity contribution in [3.63, 3.8) is 0 Å². The quantitative estimate of drug-likeness (QED) is 0.662. The molecule has 0 amide bonds. The number of anilines is 2. The van der Waals surface area contributed by atoms with Gasteiger partial charge in [-0.05, 0) is 39.7 Å². The summed E-state index contributed by atoms with van der Waals surface area (Å²) in [7, 11) is 0. The van der Waals surface area contributed by atoms with E-state index in [0.29, 0.717) is 6.10 Å². The minimum atomic E-state index is 0.332. The van der Waals surface area contributed by atoms with Gasteiger partial charge in [-0.1, -0.05) is 0 Å². The fourth-order valence-electron chi connectivity index (χ4n) is 1.62. The lowest BCUT2D eigenvalue weighted by Crippen LogP contribution is -2.07. The van der Waals surface area contributed by atoms with Crippen LogP contribution in [0, 0.1) is 0 Å². The van der Waals surface area contributed by atoms with E-state index < -0.39 is 0 Å². The number of rotatable bonds is 9. The van der Waals surface area contributed by atoms with Crippen LogP contribution in [0.1, 0.15) is 33.6 Å². The average Bonchev–Trinajstić information content (AvgIpc) is 2.34. The van der Waals surface area contributed by atoms with Gasteiger partial charge in [0.15, 0.2) is 0 Å². The molecule has 0 bridgehead atoms. The molecule has 0 aliphatic heterocycles. The molecule has 18 heavy (non-hydrogen) atoms. The van der Waals surface area contributed by atoms with Gasteiger partial charge in [-0.3, -0.25) is 4.98 Å². The van der Waals surface area contributed by atoms with Gasteiger partial charge in [0.1, 0.15) is 0 Å². The van der Waals surface area contributed by atoms with Crippen LogP contribution in [-0.2, 0) is 4.74 Å². The standard InChI is InChI=1S/C14H25N3O/c1-4-16-13-9-14(11-15-10-13)17-7-5-6-8-18-12(2)3/h9-12,16-17H,4-8H2,1-3H3. The fraction of sp³-hybridized carbons (Fsp3) is 0.643. The first kappa shape index (κ1) is 14.8. The van der Waals surface area contributed by atoms with Crippen LogP contribution in [0.3, 0.4) is 0 Å².